The van der Waals surface area contributed by atoms with Crippen molar-refractivity contribution in [2.45, 2.75) is 32.7 Å². The van der Waals surface area contributed by atoms with Gasteiger partial charge >= 0.3 is 0 Å². The van der Waals surface area contributed by atoms with Crippen molar-refractivity contribution in [3.8, 4) is 0 Å². The Morgan fingerprint density at radius 3 is 2.95 bits per heavy atom. The summed E-state index contributed by atoms with van der Waals surface area (Å²) in [4.78, 5) is 25.7. The maximum absolute atomic E-state index is 12.1. The highest BCUT2D eigenvalue weighted by molar-refractivity contribution is 5.79. The third-order valence-electron chi connectivity index (χ3n) is 3.72. The SMILES string of the molecule is CC1CCCN(c2cnn(C(C)C(=O)NN)c(=O)c2)C1. The van der Waals surface area contributed by atoms with Crippen molar-refractivity contribution in [3.05, 3.63) is 22.6 Å². The molecule has 7 nitrogen and oxygen atoms in total. The summed E-state index contributed by atoms with van der Waals surface area (Å²) < 4.78 is 1.14. The number of nitrogens with zero attached hydrogens (tertiary/aromatic N) is 3. The topological polar surface area (TPSA) is 93.2 Å². The molecule has 1 aliphatic rings. The molecular weight excluding hydrogens is 258 g/mol. The molecule has 0 bridgehead atoms. The zero-order chi connectivity index (χ0) is 14.7. The Bertz CT molecular complexity index is 542. The molecule has 7 heteroatoms. The van der Waals surface area contributed by atoms with Gasteiger partial charge in [-0.25, -0.2) is 10.5 Å². The molecule has 20 heavy (non-hydrogen) atoms. The van der Waals surface area contributed by atoms with E-state index in [1.54, 1.807) is 13.1 Å². The lowest BCUT2D eigenvalue weighted by Crippen LogP contribution is -2.41. The number of carbonyl (C=O) groups is 1. The molecular formula is C13H21N5O2. The normalized spacial score (nSPS) is 20.6. The first-order valence-electron chi connectivity index (χ1n) is 6.87. The van der Waals surface area contributed by atoms with Crippen LogP contribution in [0, 0.1) is 5.92 Å². The van der Waals surface area contributed by atoms with Gasteiger partial charge in [-0.15, -0.1) is 0 Å². The predicted octanol–water partition coefficient (Wildman–Crippen LogP) is 0.0305. The fourth-order valence-corrected chi connectivity index (χ4v) is 2.53. The number of hydrogen-bond acceptors (Lipinski definition) is 5. The molecule has 2 unspecified atom stereocenters. The molecule has 110 valence electrons. The number of rotatable bonds is 3. The molecule has 1 aliphatic heterocycles. The van der Waals surface area contributed by atoms with Crippen molar-refractivity contribution < 1.29 is 4.79 Å². The average Bonchev–Trinajstić information content (AvgIpc) is 2.45. The van der Waals surface area contributed by atoms with Gasteiger partial charge in [0.25, 0.3) is 11.5 Å². The Kier molecular flexibility index (Phi) is 4.39. The quantitative estimate of drug-likeness (QED) is 0.462. The minimum Gasteiger partial charge on any atom is -0.370 e. The van der Waals surface area contributed by atoms with Crippen LogP contribution < -0.4 is 21.7 Å². The third kappa shape index (κ3) is 2.98. The second kappa shape index (κ2) is 6.04. The molecule has 2 rings (SSSR count). The summed E-state index contributed by atoms with van der Waals surface area (Å²) in [5, 5.41) is 4.09. The van der Waals surface area contributed by atoms with E-state index in [-0.39, 0.29) is 5.56 Å². The number of nitrogens with one attached hydrogen (secondary N) is 1. The maximum atomic E-state index is 12.1. The van der Waals surface area contributed by atoms with Crippen molar-refractivity contribution in [1.29, 1.82) is 0 Å². The van der Waals surface area contributed by atoms with Crippen LogP contribution in [0.1, 0.15) is 32.7 Å². The standard InChI is InChI=1S/C13H21N5O2/c1-9-4-3-5-17(8-9)11-6-12(19)18(15-7-11)10(2)13(20)16-14/h6-7,9-10H,3-5,8,14H2,1-2H3,(H,16,20). The molecule has 0 aromatic carbocycles. The lowest BCUT2D eigenvalue weighted by molar-refractivity contribution is -0.124. The van der Waals surface area contributed by atoms with Crippen LogP contribution in [0.3, 0.4) is 0 Å². The van der Waals surface area contributed by atoms with E-state index in [9.17, 15) is 9.59 Å². The highest BCUT2D eigenvalue weighted by Crippen LogP contribution is 2.21. The lowest BCUT2D eigenvalue weighted by Gasteiger charge is -2.32. The van der Waals surface area contributed by atoms with Gasteiger partial charge in [0.2, 0.25) is 0 Å². The Labute approximate surface area is 117 Å². The molecule has 0 aliphatic carbocycles. The summed E-state index contributed by atoms with van der Waals surface area (Å²) in [6.45, 7) is 5.66. The summed E-state index contributed by atoms with van der Waals surface area (Å²) in [7, 11) is 0. The lowest BCUT2D eigenvalue weighted by atomic mass is 10.00. The first kappa shape index (κ1) is 14.5. The number of aromatic nitrogens is 2. The maximum Gasteiger partial charge on any atom is 0.269 e. The third-order valence-corrected chi connectivity index (χ3v) is 3.72. The second-order valence-corrected chi connectivity index (χ2v) is 5.37. The van der Waals surface area contributed by atoms with Crippen LogP contribution in [0.4, 0.5) is 5.69 Å². The van der Waals surface area contributed by atoms with Crippen LogP contribution in [-0.2, 0) is 4.79 Å². The average molecular weight is 279 g/mol. The number of nitrogens with two attached hydrogens (primary N) is 1. The van der Waals surface area contributed by atoms with Gasteiger partial charge in [-0.3, -0.25) is 15.0 Å². The number of hydrogen-bond donors (Lipinski definition) is 2. The largest absolute Gasteiger partial charge is 0.370 e. The summed E-state index contributed by atoms with van der Waals surface area (Å²) in [6.07, 6.45) is 3.98. The van der Waals surface area contributed by atoms with Gasteiger partial charge in [0.1, 0.15) is 6.04 Å². The van der Waals surface area contributed by atoms with Crippen molar-refractivity contribution in [2.24, 2.45) is 11.8 Å². The Balaban J connectivity index is 2.21. The number of amides is 1. The number of carbonyl (C=O) groups excluding carboxylic acids is 1. The van der Waals surface area contributed by atoms with E-state index in [4.69, 9.17) is 5.84 Å². The van der Waals surface area contributed by atoms with Crippen LogP contribution >= 0.6 is 0 Å². The monoisotopic (exact) mass is 279 g/mol. The second-order valence-electron chi connectivity index (χ2n) is 5.37. The van der Waals surface area contributed by atoms with Gasteiger partial charge in [-0.05, 0) is 25.7 Å². The van der Waals surface area contributed by atoms with E-state index < -0.39 is 11.9 Å². The summed E-state index contributed by atoms with van der Waals surface area (Å²) in [6, 6.07) is 0.813. The molecule has 3 N–H and O–H groups in total. The van der Waals surface area contributed by atoms with Crippen LogP contribution in [0.2, 0.25) is 0 Å². The molecule has 0 spiro atoms. The molecule has 0 saturated carbocycles. The minimum atomic E-state index is -0.721. The van der Waals surface area contributed by atoms with E-state index in [0.29, 0.717) is 5.92 Å². The van der Waals surface area contributed by atoms with Gasteiger partial charge in [0.05, 0.1) is 11.9 Å². The Morgan fingerprint density at radius 2 is 2.35 bits per heavy atom. The Hall–Kier alpha value is -1.89. The van der Waals surface area contributed by atoms with E-state index in [1.807, 2.05) is 5.43 Å². The van der Waals surface area contributed by atoms with Crippen LogP contribution in [0.25, 0.3) is 0 Å². The van der Waals surface area contributed by atoms with Crippen molar-refractivity contribution in [2.75, 3.05) is 18.0 Å². The van der Waals surface area contributed by atoms with Crippen LogP contribution in [-0.4, -0.2) is 28.8 Å². The summed E-state index contributed by atoms with van der Waals surface area (Å²) in [5.41, 5.74) is 2.55. The number of piperidine rings is 1. The van der Waals surface area contributed by atoms with Gasteiger partial charge in [-0.1, -0.05) is 6.92 Å². The van der Waals surface area contributed by atoms with Crippen molar-refractivity contribution in [1.82, 2.24) is 15.2 Å². The zero-order valence-corrected chi connectivity index (χ0v) is 11.9. The number of hydrazine groups is 1. The van der Waals surface area contributed by atoms with E-state index in [2.05, 4.69) is 16.9 Å². The summed E-state index contributed by atoms with van der Waals surface area (Å²) >= 11 is 0. The molecule has 0 radical (unpaired) electrons. The molecule has 1 saturated heterocycles. The highest BCUT2D eigenvalue weighted by Gasteiger charge is 2.20. The van der Waals surface area contributed by atoms with E-state index >= 15 is 0 Å². The van der Waals surface area contributed by atoms with E-state index in [0.717, 1.165) is 29.9 Å². The van der Waals surface area contributed by atoms with E-state index in [1.165, 1.54) is 12.5 Å². The first-order chi connectivity index (χ1) is 9.52. The smallest absolute Gasteiger partial charge is 0.269 e. The number of anilines is 1. The fourth-order valence-electron chi connectivity index (χ4n) is 2.53. The van der Waals surface area contributed by atoms with Crippen molar-refractivity contribution >= 4 is 11.6 Å². The molecule has 2 heterocycles. The first-order valence-corrected chi connectivity index (χ1v) is 6.87. The predicted molar refractivity (Wildman–Crippen MR) is 76.1 cm³/mol. The zero-order valence-electron chi connectivity index (χ0n) is 11.9. The highest BCUT2D eigenvalue weighted by atomic mass is 16.2. The van der Waals surface area contributed by atoms with Crippen molar-refractivity contribution in [3.63, 3.8) is 0 Å². The fraction of sp³-hybridized carbons (Fsp3) is 0.615. The molecule has 1 amide bonds. The van der Waals surface area contributed by atoms with Crippen LogP contribution in [0.5, 0.6) is 0 Å². The molecule has 2 atom stereocenters. The molecule has 1 aromatic heterocycles. The van der Waals surface area contributed by atoms with Gasteiger partial charge in [-0.2, -0.15) is 5.10 Å². The Morgan fingerprint density at radius 1 is 1.60 bits per heavy atom. The molecule has 1 fully saturated rings. The minimum absolute atomic E-state index is 0.295. The van der Waals surface area contributed by atoms with Gasteiger partial charge < -0.3 is 4.90 Å². The molecule has 1 aromatic rings. The van der Waals surface area contributed by atoms with Gasteiger partial charge in [0, 0.05) is 19.2 Å². The van der Waals surface area contributed by atoms with Crippen LogP contribution in [0.15, 0.2) is 17.1 Å². The van der Waals surface area contributed by atoms with Gasteiger partial charge in [0.15, 0.2) is 0 Å². The summed E-state index contributed by atoms with van der Waals surface area (Å²) in [5.74, 6) is 5.24.